The molecular weight excluding hydrogens is 254 g/mol. The topological polar surface area (TPSA) is 56.2 Å². The van der Waals surface area contributed by atoms with Crippen LogP contribution in [0.4, 0.5) is 0 Å². The molecule has 0 spiro atoms. The molecular formula is C15H19N3O2. The van der Waals surface area contributed by atoms with Gasteiger partial charge >= 0.3 is 5.97 Å². The first-order chi connectivity index (χ1) is 9.59. The molecule has 0 saturated heterocycles. The zero-order valence-corrected chi connectivity index (χ0v) is 12.0. The highest BCUT2D eigenvalue weighted by molar-refractivity contribution is 5.80. The van der Waals surface area contributed by atoms with Crippen LogP contribution in [0.15, 0.2) is 42.7 Å². The Balaban J connectivity index is 2.19. The van der Waals surface area contributed by atoms with E-state index >= 15 is 0 Å². The Morgan fingerprint density at radius 3 is 2.65 bits per heavy atom. The smallest absolute Gasteiger partial charge is 0.327 e. The Morgan fingerprint density at radius 2 is 2.05 bits per heavy atom. The fourth-order valence-corrected chi connectivity index (χ4v) is 2.02. The van der Waals surface area contributed by atoms with Crippen molar-refractivity contribution in [1.29, 1.82) is 0 Å². The fraction of sp³-hybridized carbons (Fsp3) is 0.333. The molecule has 1 atom stereocenters. The van der Waals surface area contributed by atoms with E-state index in [4.69, 9.17) is 4.74 Å². The highest BCUT2D eigenvalue weighted by Crippen LogP contribution is 2.19. The van der Waals surface area contributed by atoms with Crippen molar-refractivity contribution in [2.75, 3.05) is 14.2 Å². The van der Waals surface area contributed by atoms with Crippen LogP contribution in [0.5, 0.6) is 0 Å². The number of methoxy groups -OCH3 is 1. The molecule has 2 aromatic rings. The summed E-state index contributed by atoms with van der Waals surface area (Å²) in [6.45, 7) is 2.20. The van der Waals surface area contributed by atoms with E-state index in [1.54, 1.807) is 24.9 Å². The Labute approximate surface area is 118 Å². The molecule has 1 N–H and O–H groups in total. The van der Waals surface area contributed by atoms with Crippen molar-refractivity contribution in [3.05, 3.63) is 42.7 Å². The van der Waals surface area contributed by atoms with Crippen LogP contribution in [0.2, 0.25) is 0 Å². The number of esters is 1. The van der Waals surface area contributed by atoms with Gasteiger partial charge in [0.15, 0.2) is 0 Å². The molecule has 0 aliphatic heterocycles. The van der Waals surface area contributed by atoms with E-state index < -0.39 is 5.54 Å². The summed E-state index contributed by atoms with van der Waals surface area (Å²) in [6.07, 6.45) is 3.72. The van der Waals surface area contributed by atoms with Crippen molar-refractivity contribution in [3.63, 3.8) is 0 Å². The molecule has 20 heavy (non-hydrogen) atoms. The van der Waals surface area contributed by atoms with Crippen molar-refractivity contribution in [2.45, 2.75) is 19.0 Å². The molecule has 1 aromatic carbocycles. The summed E-state index contributed by atoms with van der Waals surface area (Å²) in [7, 11) is 3.12. The number of hydrogen-bond acceptors (Lipinski definition) is 4. The molecule has 1 aromatic heterocycles. The summed E-state index contributed by atoms with van der Waals surface area (Å²) in [5, 5.41) is 7.30. The van der Waals surface area contributed by atoms with Gasteiger partial charge < -0.3 is 10.1 Å². The van der Waals surface area contributed by atoms with Gasteiger partial charge in [-0.15, -0.1) is 0 Å². The fourth-order valence-electron chi connectivity index (χ4n) is 2.02. The molecule has 1 heterocycles. The zero-order chi connectivity index (χ0) is 14.6. The maximum atomic E-state index is 11.8. The summed E-state index contributed by atoms with van der Waals surface area (Å²) in [6, 6.07) is 10.00. The van der Waals surface area contributed by atoms with Gasteiger partial charge in [0.2, 0.25) is 0 Å². The molecule has 5 heteroatoms. The van der Waals surface area contributed by atoms with Crippen molar-refractivity contribution in [1.82, 2.24) is 15.1 Å². The minimum Gasteiger partial charge on any atom is -0.468 e. The largest absolute Gasteiger partial charge is 0.468 e. The number of carbonyl (C=O) groups is 1. The summed E-state index contributed by atoms with van der Waals surface area (Å²) >= 11 is 0. The van der Waals surface area contributed by atoms with Crippen molar-refractivity contribution in [2.24, 2.45) is 0 Å². The average Bonchev–Trinajstić information content (AvgIpc) is 2.95. The molecule has 0 bridgehead atoms. The van der Waals surface area contributed by atoms with Gasteiger partial charge in [-0.05, 0) is 19.5 Å². The van der Waals surface area contributed by atoms with Crippen LogP contribution in [0.1, 0.15) is 6.92 Å². The third-order valence-electron chi connectivity index (χ3n) is 3.41. The third kappa shape index (κ3) is 2.88. The highest BCUT2D eigenvalue weighted by atomic mass is 16.5. The van der Waals surface area contributed by atoms with Crippen molar-refractivity contribution in [3.8, 4) is 11.1 Å². The predicted octanol–water partition coefficient (Wildman–Crippen LogP) is 1.70. The van der Waals surface area contributed by atoms with Crippen LogP contribution < -0.4 is 5.32 Å². The summed E-state index contributed by atoms with van der Waals surface area (Å²) in [5.41, 5.74) is 1.33. The second-order valence-corrected chi connectivity index (χ2v) is 4.87. The minimum atomic E-state index is -0.797. The molecule has 0 saturated carbocycles. The van der Waals surface area contributed by atoms with Gasteiger partial charge in [-0.2, -0.15) is 5.10 Å². The number of hydrogen-bond donors (Lipinski definition) is 1. The lowest BCUT2D eigenvalue weighted by Gasteiger charge is -2.25. The lowest BCUT2D eigenvalue weighted by atomic mass is 10.0. The Hall–Kier alpha value is -2.14. The van der Waals surface area contributed by atoms with Gasteiger partial charge in [0.05, 0.1) is 19.9 Å². The van der Waals surface area contributed by atoms with E-state index in [2.05, 4.69) is 10.4 Å². The second kappa shape index (κ2) is 5.88. The van der Waals surface area contributed by atoms with Crippen LogP contribution in [0.25, 0.3) is 11.1 Å². The van der Waals surface area contributed by atoms with Crippen LogP contribution in [0, 0.1) is 0 Å². The number of rotatable bonds is 5. The van der Waals surface area contributed by atoms with Crippen LogP contribution in [-0.4, -0.2) is 35.4 Å². The number of aromatic nitrogens is 2. The lowest BCUT2D eigenvalue weighted by Crippen LogP contribution is -2.51. The monoisotopic (exact) mass is 273 g/mol. The summed E-state index contributed by atoms with van der Waals surface area (Å²) in [4.78, 5) is 11.8. The quantitative estimate of drug-likeness (QED) is 0.842. The van der Waals surface area contributed by atoms with Crippen LogP contribution in [-0.2, 0) is 16.1 Å². The maximum absolute atomic E-state index is 11.8. The minimum absolute atomic E-state index is 0.309. The van der Waals surface area contributed by atoms with Crippen molar-refractivity contribution < 1.29 is 9.53 Å². The Bertz CT molecular complexity index is 580. The second-order valence-electron chi connectivity index (χ2n) is 4.87. The SMILES string of the molecule is CNC(C)(Cn1cc(-c2ccccc2)cn1)C(=O)OC. The molecule has 1 unspecified atom stereocenters. The molecule has 0 radical (unpaired) electrons. The maximum Gasteiger partial charge on any atom is 0.327 e. The number of nitrogens with zero attached hydrogens (tertiary/aromatic N) is 2. The van der Waals surface area contributed by atoms with Gasteiger partial charge in [-0.25, -0.2) is 4.79 Å². The molecule has 2 rings (SSSR count). The third-order valence-corrected chi connectivity index (χ3v) is 3.41. The van der Waals surface area contributed by atoms with Crippen LogP contribution in [0.3, 0.4) is 0 Å². The molecule has 5 nitrogen and oxygen atoms in total. The van der Waals surface area contributed by atoms with E-state index in [1.165, 1.54) is 7.11 Å². The number of likely N-dealkylation sites (N-methyl/N-ethyl adjacent to an activating group) is 1. The zero-order valence-electron chi connectivity index (χ0n) is 12.0. The average molecular weight is 273 g/mol. The predicted molar refractivity (Wildman–Crippen MR) is 77.1 cm³/mol. The Morgan fingerprint density at radius 1 is 1.35 bits per heavy atom. The van der Waals surface area contributed by atoms with Gasteiger partial charge in [0.25, 0.3) is 0 Å². The van der Waals surface area contributed by atoms with E-state index in [-0.39, 0.29) is 5.97 Å². The van der Waals surface area contributed by atoms with Crippen molar-refractivity contribution >= 4 is 5.97 Å². The molecule has 0 aliphatic carbocycles. The summed E-state index contributed by atoms with van der Waals surface area (Å²) < 4.78 is 6.57. The van der Waals surface area contributed by atoms with Gasteiger partial charge in [-0.3, -0.25) is 4.68 Å². The first-order valence-corrected chi connectivity index (χ1v) is 6.44. The molecule has 0 fully saturated rings. The number of carbonyl (C=O) groups excluding carboxylic acids is 1. The summed E-state index contributed by atoms with van der Waals surface area (Å²) in [5.74, 6) is -0.309. The van der Waals surface area contributed by atoms with E-state index in [1.807, 2.05) is 36.5 Å². The first kappa shape index (κ1) is 14.3. The standard InChI is InChI=1S/C15H19N3O2/c1-15(16-2,14(19)20-3)11-18-10-13(9-17-18)12-7-5-4-6-8-12/h4-10,16H,11H2,1-3H3. The van der Waals surface area contributed by atoms with Crippen LogP contribution >= 0.6 is 0 Å². The van der Waals surface area contributed by atoms with Gasteiger partial charge in [0, 0.05) is 11.8 Å². The lowest BCUT2D eigenvalue weighted by molar-refractivity contribution is -0.148. The highest BCUT2D eigenvalue weighted by Gasteiger charge is 2.33. The Kier molecular flexibility index (Phi) is 4.20. The first-order valence-electron chi connectivity index (χ1n) is 6.44. The van der Waals surface area contributed by atoms with Gasteiger partial charge in [-0.1, -0.05) is 30.3 Å². The van der Waals surface area contributed by atoms with Gasteiger partial charge in [0.1, 0.15) is 5.54 Å². The number of benzene rings is 1. The molecule has 106 valence electrons. The van der Waals surface area contributed by atoms with E-state index in [9.17, 15) is 4.79 Å². The number of ether oxygens (including phenoxy) is 1. The molecule has 0 aliphatic rings. The normalized spacial score (nSPS) is 13.8. The van der Waals surface area contributed by atoms with E-state index in [0.29, 0.717) is 6.54 Å². The molecule has 0 amide bonds. The van der Waals surface area contributed by atoms with E-state index in [0.717, 1.165) is 11.1 Å². The number of nitrogens with one attached hydrogen (secondary N) is 1.